The number of fused-ring (bicyclic) bond motifs is 1. The maximum absolute atomic E-state index is 5.78. The lowest BCUT2D eigenvalue weighted by molar-refractivity contribution is 1.17. The van der Waals surface area contributed by atoms with Crippen LogP contribution in [0.2, 0.25) is 0 Å². The van der Waals surface area contributed by atoms with E-state index in [1.165, 1.54) is 4.88 Å². The largest absolute Gasteiger partial charge is 0.290 e. The lowest BCUT2D eigenvalue weighted by Gasteiger charge is -1.96. The van der Waals surface area contributed by atoms with Crippen LogP contribution in [0.3, 0.4) is 0 Å². The van der Waals surface area contributed by atoms with Crippen LogP contribution in [-0.2, 0) is 0 Å². The molecule has 0 aliphatic rings. The minimum Gasteiger partial charge on any atom is -0.290 e. The van der Waals surface area contributed by atoms with Gasteiger partial charge in [-0.15, -0.1) is 22.9 Å². The number of nitrogens with zero attached hydrogens (tertiary/aromatic N) is 2. The predicted molar refractivity (Wildman–Crippen MR) is 66.9 cm³/mol. The summed E-state index contributed by atoms with van der Waals surface area (Å²) in [5, 5.41) is 0. The third-order valence-corrected chi connectivity index (χ3v) is 3.58. The molecule has 2 rings (SSSR count). The van der Waals surface area contributed by atoms with Crippen LogP contribution < -0.4 is 0 Å². The first-order chi connectivity index (χ1) is 7.11. The number of hydrogen-bond acceptors (Lipinski definition) is 2. The summed E-state index contributed by atoms with van der Waals surface area (Å²) in [6, 6.07) is 0. The van der Waals surface area contributed by atoms with Crippen LogP contribution in [0.4, 0.5) is 0 Å². The highest BCUT2D eigenvalue weighted by atomic mass is 35.5. The van der Waals surface area contributed by atoms with Gasteiger partial charge in [0.05, 0.1) is 11.4 Å². The molecule has 0 unspecified atom stereocenters. The second kappa shape index (κ2) is 3.99. The number of rotatable bonds is 2. The van der Waals surface area contributed by atoms with Crippen LogP contribution in [-0.4, -0.2) is 15.3 Å². The Bertz CT molecular complexity index is 522. The lowest BCUT2D eigenvalue weighted by Crippen LogP contribution is -1.86. The quantitative estimate of drug-likeness (QED) is 0.733. The number of aryl methyl sites for hydroxylation is 2. The first kappa shape index (κ1) is 10.7. The van der Waals surface area contributed by atoms with Gasteiger partial charge in [-0.25, -0.2) is 4.98 Å². The summed E-state index contributed by atoms with van der Waals surface area (Å²) in [6.45, 7) is 6.16. The number of alkyl halides is 1. The molecule has 0 spiro atoms. The van der Waals surface area contributed by atoms with Crippen molar-refractivity contribution in [1.82, 2.24) is 9.38 Å². The van der Waals surface area contributed by atoms with Gasteiger partial charge in [0.15, 0.2) is 4.96 Å². The van der Waals surface area contributed by atoms with Gasteiger partial charge in [-0.3, -0.25) is 4.40 Å². The number of halogens is 1. The summed E-state index contributed by atoms with van der Waals surface area (Å²) >= 11 is 7.49. The van der Waals surface area contributed by atoms with Gasteiger partial charge in [-0.05, 0) is 26.8 Å². The third kappa shape index (κ3) is 1.94. The molecule has 0 saturated carbocycles. The number of aromatic nitrogens is 2. The topological polar surface area (TPSA) is 17.3 Å². The Labute approximate surface area is 98.2 Å². The fourth-order valence-electron chi connectivity index (χ4n) is 1.53. The van der Waals surface area contributed by atoms with E-state index in [1.807, 2.05) is 13.8 Å². The zero-order valence-electron chi connectivity index (χ0n) is 9.04. The SMILES string of the molecule is CC(=Cc1c(C)nc2sc(C)cn12)CCl. The molecule has 0 fully saturated rings. The highest BCUT2D eigenvalue weighted by Crippen LogP contribution is 2.22. The van der Waals surface area contributed by atoms with E-state index >= 15 is 0 Å². The van der Waals surface area contributed by atoms with Crippen LogP contribution in [0, 0.1) is 13.8 Å². The molecular weight excluding hydrogens is 228 g/mol. The second-order valence-electron chi connectivity index (χ2n) is 3.70. The molecule has 2 nitrogen and oxygen atoms in total. The van der Waals surface area contributed by atoms with E-state index in [0.717, 1.165) is 21.9 Å². The van der Waals surface area contributed by atoms with Crippen LogP contribution in [0.1, 0.15) is 23.2 Å². The fourth-order valence-corrected chi connectivity index (χ4v) is 2.48. The van der Waals surface area contributed by atoms with Gasteiger partial charge in [0, 0.05) is 17.0 Å². The van der Waals surface area contributed by atoms with Crippen LogP contribution in [0.25, 0.3) is 11.0 Å². The van der Waals surface area contributed by atoms with Gasteiger partial charge in [0.2, 0.25) is 0 Å². The van der Waals surface area contributed by atoms with Crippen LogP contribution >= 0.6 is 22.9 Å². The summed E-state index contributed by atoms with van der Waals surface area (Å²) in [7, 11) is 0. The molecule has 0 atom stereocenters. The molecule has 2 aromatic heterocycles. The van der Waals surface area contributed by atoms with E-state index < -0.39 is 0 Å². The van der Waals surface area contributed by atoms with Crippen molar-refractivity contribution >= 4 is 34.0 Å². The molecule has 4 heteroatoms. The highest BCUT2D eigenvalue weighted by molar-refractivity contribution is 7.17. The Hall–Kier alpha value is -0.800. The number of allylic oxidation sites excluding steroid dienone is 1. The average Bonchev–Trinajstić information content (AvgIpc) is 2.65. The minimum absolute atomic E-state index is 0.565. The van der Waals surface area contributed by atoms with Gasteiger partial charge in [-0.2, -0.15) is 0 Å². The molecule has 0 aromatic carbocycles. The Kier molecular flexibility index (Phi) is 2.85. The first-order valence-electron chi connectivity index (χ1n) is 4.80. The summed E-state index contributed by atoms with van der Waals surface area (Å²) in [4.78, 5) is 6.84. The van der Waals surface area contributed by atoms with Crippen LogP contribution in [0.15, 0.2) is 11.8 Å². The normalized spacial score (nSPS) is 12.7. The minimum atomic E-state index is 0.565. The van der Waals surface area contributed by atoms with Gasteiger partial charge in [0.1, 0.15) is 0 Å². The van der Waals surface area contributed by atoms with Gasteiger partial charge in [-0.1, -0.05) is 5.57 Å². The summed E-state index contributed by atoms with van der Waals surface area (Å²) in [6.07, 6.45) is 4.22. The predicted octanol–water partition coefficient (Wildman–Crippen LogP) is 3.65. The molecule has 0 aliphatic carbocycles. The molecular formula is C11H13ClN2S. The summed E-state index contributed by atoms with van der Waals surface area (Å²) in [5.41, 5.74) is 3.36. The van der Waals surface area contributed by atoms with Crippen molar-refractivity contribution in [3.8, 4) is 0 Å². The second-order valence-corrected chi connectivity index (χ2v) is 5.18. The average molecular weight is 241 g/mol. The smallest absolute Gasteiger partial charge is 0.194 e. The van der Waals surface area contributed by atoms with Crippen molar-refractivity contribution in [3.63, 3.8) is 0 Å². The molecule has 0 saturated heterocycles. The zero-order valence-corrected chi connectivity index (χ0v) is 10.6. The van der Waals surface area contributed by atoms with Crippen molar-refractivity contribution in [2.45, 2.75) is 20.8 Å². The molecule has 2 heterocycles. The molecule has 0 radical (unpaired) electrons. The van der Waals surface area contributed by atoms with Crippen molar-refractivity contribution in [2.24, 2.45) is 0 Å². The summed E-state index contributed by atoms with van der Waals surface area (Å²) < 4.78 is 2.13. The highest BCUT2D eigenvalue weighted by Gasteiger charge is 2.08. The van der Waals surface area contributed by atoms with Gasteiger partial charge < -0.3 is 0 Å². The maximum atomic E-state index is 5.78. The molecule has 2 aromatic rings. The van der Waals surface area contributed by atoms with E-state index in [0.29, 0.717) is 5.88 Å². The Balaban J connectivity index is 2.62. The Morgan fingerprint density at radius 2 is 2.33 bits per heavy atom. The molecule has 0 aliphatic heterocycles. The molecule has 15 heavy (non-hydrogen) atoms. The Morgan fingerprint density at radius 1 is 1.60 bits per heavy atom. The maximum Gasteiger partial charge on any atom is 0.194 e. The van der Waals surface area contributed by atoms with E-state index in [4.69, 9.17) is 11.6 Å². The monoisotopic (exact) mass is 240 g/mol. The number of imidazole rings is 1. The molecule has 0 bridgehead atoms. The summed E-state index contributed by atoms with van der Waals surface area (Å²) in [5.74, 6) is 0.565. The molecule has 0 N–H and O–H groups in total. The van der Waals surface area contributed by atoms with E-state index in [1.54, 1.807) is 11.3 Å². The number of thiazole rings is 1. The van der Waals surface area contributed by atoms with Crippen LogP contribution in [0.5, 0.6) is 0 Å². The van der Waals surface area contributed by atoms with Crippen molar-refractivity contribution < 1.29 is 0 Å². The lowest BCUT2D eigenvalue weighted by atomic mass is 10.2. The number of hydrogen-bond donors (Lipinski definition) is 0. The van der Waals surface area contributed by atoms with Crippen molar-refractivity contribution in [2.75, 3.05) is 5.88 Å². The van der Waals surface area contributed by atoms with Gasteiger partial charge >= 0.3 is 0 Å². The van der Waals surface area contributed by atoms with Gasteiger partial charge in [0.25, 0.3) is 0 Å². The van der Waals surface area contributed by atoms with E-state index in [-0.39, 0.29) is 0 Å². The standard InChI is InChI=1S/C11H13ClN2S/c1-7(5-12)4-10-9(3)13-11-14(10)6-8(2)15-11/h4,6H,5H2,1-3H3. The van der Waals surface area contributed by atoms with E-state index in [2.05, 4.69) is 28.6 Å². The Morgan fingerprint density at radius 3 is 3.00 bits per heavy atom. The first-order valence-corrected chi connectivity index (χ1v) is 6.15. The van der Waals surface area contributed by atoms with Crippen molar-refractivity contribution in [3.05, 3.63) is 28.0 Å². The fraction of sp³-hybridized carbons (Fsp3) is 0.364. The van der Waals surface area contributed by atoms with E-state index in [9.17, 15) is 0 Å². The van der Waals surface area contributed by atoms with Crippen molar-refractivity contribution in [1.29, 1.82) is 0 Å². The zero-order chi connectivity index (χ0) is 11.0. The third-order valence-electron chi connectivity index (χ3n) is 2.26. The molecule has 0 amide bonds. The molecule has 80 valence electrons.